The van der Waals surface area contributed by atoms with E-state index in [0.29, 0.717) is 17.1 Å². The van der Waals surface area contributed by atoms with Gasteiger partial charge in [0, 0.05) is 11.3 Å². The molecule has 0 amide bonds. The first-order valence-electron chi connectivity index (χ1n) is 5.38. The Morgan fingerprint density at radius 1 is 1.05 bits per heavy atom. The topological polar surface area (TPSA) is 111 Å². The van der Waals surface area contributed by atoms with Crippen LogP contribution in [0, 0.1) is 0 Å². The second-order valence-electron chi connectivity index (χ2n) is 3.78. The average Bonchev–Trinajstić information content (AvgIpc) is 2.39. The number of phenols is 1. The maximum absolute atomic E-state index is 10.7. The largest absolute Gasteiger partial charge is 1.00 e. The molecule has 0 bridgehead atoms. The molecule has 0 saturated carbocycles. The summed E-state index contributed by atoms with van der Waals surface area (Å²) in [5.74, 6) is -1.84. The Bertz CT molecular complexity index is 642. The van der Waals surface area contributed by atoms with Crippen LogP contribution in [-0.2, 0) is 0 Å². The van der Waals surface area contributed by atoms with Gasteiger partial charge in [0.15, 0.2) is 0 Å². The molecule has 0 aliphatic rings. The SMILES string of the molecule is Nc1ccc(/N=N/c2ccc(O)c(C(=O)[O-])c2)cc1.[Na+]. The van der Waals surface area contributed by atoms with Crippen LogP contribution in [0.15, 0.2) is 52.7 Å². The smallest absolute Gasteiger partial charge is 0.545 e. The first kappa shape index (κ1) is 16.2. The molecule has 96 valence electrons. The minimum atomic E-state index is -1.47. The number of nitrogen functional groups attached to an aromatic ring is 1. The summed E-state index contributed by atoms with van der Waals surface area (Å²) in [7, 11) is 0. The summed E-state index contributed by atoms with van der Waals surface area (Å²) in [5, 5.41) is 27.8. The van der Waals surface area contributed by atoms with E-state index in [2.05, 4.69) is 10.2 Å². The Morgan fingerprint density at radius 2 is 1.60 bits per heavy atom. The van der Waals surface area contributed by atoms with Gasteiger partial charge in [-0.3, -0.25) is 0 Å². The monoisotopic (exact) mass is 279 g/mol. The van der Waals surface area contributed by atoms with Crippen LogP contribution in [0.3, 0.4) is 0 Å². The van der Waals surface area contributed by atoms with Crippen molar-refractivity contribution in [2.75, 3.05) is 5.73 Å². The summed E-state index contributed by atoms with van der Waals surface area (Å²) in [6.45, 7) is 0. The van der Waals surface area contributed by atoms with Gasteiger partial charge in [-0.1, -0.05) is 0 Å². The third kappa shape index (κ3) is 4.06. The second-order valence-corrected chi connectivity index (χ2v) is 3.78. The minimum absolute atomic E-state index is 0. The summed E-state index contributed by atoms with van der Waals surface area (Å²) in [4.78, 5) is 10.7. The van der Waals surface area contributed by atoms with Crippen molar-refractivity contribution >= 4 is 23.0 Å². The van der Waals surface area contributed by atoms with Gasteiger partial charge < -0.3 is 20.7 Å². The predicted molar refractivity (Wildman–Crippen MR) is 67.5 cm³/mol. The molecule has 0 aliphatic carbocycles. The van der Waals surface area contributed by atoms with Crippen LogP contribution in [0.4, 0.5) is 17.1 Å². The van der Waals surface area contributed by atoms with Crippen molar-refractivity contribution in [3.63, 3.8) is 0 Å². The number of nitrogens with zero attached hydrogens (tertiary/aromatic N) is 2. The van der Waals surface area contributed by atoms with Gasteiger partial charge >= 0.3 is 29.6 Å². The Kier molecular flexibility index (Phi) is 5.69. The number of azo groups is 1. The van der Waals surface area contributed by atoms with Gasteiger partial charge in [0.2, 0.25) is 0 Å². The van der Waals surface area contributed by atoms with E-state index in [0.717, 1.165) is 0 Å². The molecule has 2 aromatic carbocycles. The van der Waals surface area contributed by atoms with Gasteiger partial charge in [-0.15, -0.1) is 0 Å². The normalized spacial score (nSPS) is 10.2. The fourth-order valence-corrected chi connectivity index (χ4v) is 1.41. The number of nitrogens with two attached hydrogens (primary N) is 1. The first-order valence-corrected chi connectivity index (χ1v) is 5.38. The number of hydrogen-bond donors (Lipinski definition) is 2. The molecule has 0 atom stereocenters. The third-order valence-electron chi connectivity index (χ3n) is 2.37. The fourth-order valence-electron chi connectivity index (χ4n) is 1.41. The van der Waals surface area contributed by atoms with Crippen LogP contribution in [0.5, 0.6) is 5.75 Å². The number of carboxylic acids is 1. The van der Waals surface area contributed by atoms with Crippen LogP contribution in [0.25, 0.3) is 0 Å². The predicted octanol–water partition coefficient (Wildman–Crippen LogP) is -1.24. The van der Waals surface area contributed by atoms with Crippen molar-refractivity contribution in [2.45, 2.75) is 0 Å². The molecule has 0 unspecified atom stereocenters. The molecule has 0 aliphatic heterocycles. The van der Waals surface area contributed by atoms with Crippen LogP contribution in [0.2, 0.25) is 0 Å². The molecule has 6 nitrogen and oxygen atoms in total. The molecule has 2 aromatic rings. The number of hydrogen-bond acceptors (Lipinski definition) is 6. The van der Waals surface area contributed by atoms with E-state index in [1.165, 1.54) is 18.2 Å². The van der Waals surface area contributed by atoms with Crippen molar-refractivity contribution in [2.24, 2.45) is 10.2 Å². The molecule has 0 heterocycles. The second kappa shape index (κ2) is 7.04. The van der Waals surface area contributed by atoms with E-state index in [9.17, 15) is 15.0 Å². The Hall–Kier alpha value is -1.89. The zero-order valence-electron chi connectivity index (χ0n) is 10.8. The number of aromatic carboxylic acids is 1. The van der Waals surface area contributed by atoms with Crippen LogP contribution < -0.4 is 40.4 Å². The van der Waals surface area contributed by atoms with Crippen LogP contribution >= 0.6 is 0 Å². The zero-order valence-corrected chi connectivity index (χ0v) is 12.8. The van der Waals surface area contributed by atoms with Gasteiger partial charge in [0.1, 0.15) is 5.75 Å². The fraction of sp³-hybridized carbons (Fsp3) is 0. The van der Waals surface area contributed by atoms with E-state index in [1.807, 2.05) is 0 Å². The Labute approximate surface area is 137 Å². The number of benzene rings is 2. The summed E-state index contributed by atoms with van der Waals surface area (Å²) in [5.41, 5.74) is 6.70. The quantitative estimate of drug-likeness (QED) is 0.415. The number of rotatable bonds is 3. The van der Waals surface area contributed by atoms with E-state index in [4.69, 9.17) is 5.73 Å². The van der Waals surface area contributed by atoms with E-state index < -0.39 is 5.97 Å². The van der Waals surface area contributed by atoms with Crippen LogP contribution in [0.1, 0.15) is 10.4 Å². The number of anilines is 1. The summed E-state index contributed by atoms with van der Waals surface area (Å²) in [6.07, 6.45) is 0. The van der Waals surface area contributed by atoms with E-state index in [1.54, 1.807) is 24.3 Å². The third-order valence-corrected chi connectivity index (χ3v) is 2.37. The molecule has 7 heteroatoms. The molecule has 20 heavy (non-hydrogen) atoms. The molecular formula is C13H10N3NaO3. The first-order chi connectivity index (χ1) is 9.06. The number of carbonyl (C=O) groups is 1. The van der Waals surface area contributed by atoms with Crippen molar-refractivity contribution in [3.8, 4) is 5.75 Å². The van der Waals surface area contributed by atoms with Gasteiger partial charge in [-0.25, -0.2) is 0 Å². The summed E-state index contributed by atoms with van der Waals surface area (Å²) < 4.78 is 0. The molecule has 0 saturated heterocycles. The van der Waals surface area contributed by atoms with Crippen molar-refractivity contribution < 1.29 is 44.6 Å². The minimum Gasteiger partial charge on any atom is -0.545 e. The Morgan fingerprint density at radius 3 is 2.20 bits per heavy atom. The van der Waals surface area contributed by atoms with E-state index >= 15 is 0 Å². The molecule has 0 radical (unpaired) electrons. The Balaban J connectivity index is 0.00000200. The molecule has 2 rings (SSSR count). The zero-order chi connectivity index (χ0) is 13.8. The van der Waals surface area contributed by atoms with Crippen molar-refractivity contribution in [3.05, 3.63) is 48.0 Å². The van der Waals surface area contributed by atoms with Gasteiger partial charge in [0.25, 0.3) is 0 Å². The standard InChI is InChI=1S/C13H11N3O3.Na/c14-8-1-3-9(4-2-8)15-16-10-5-6-12(17)11(7-10)13(18)19;/h1-7,17H,14H2,(H,18,19);/q;+1/p-1/b16-15+;. The average molecular weight is 279 g/mol. The molecular weight excluding hydrogens is 269 g/mol. The molecule has 3 N–H and O–H groups in total. The van der Waals surface area contributed by atoms with Gasteiger partial charge in [-0.2, -0.15) is 10.2 Å². The van der Waals surface area contributed by atoms with Crippen LogP contribution in [-0.4, -0.2) is 11.1 Å². The number of carboxylic acid groups (broad SMARTS) is 1. The summed E-state index contributed by atoms with van der Waals surface area (Å²) in [6, 6.07) is 10.6. The van der Waals surface area contributed by atoms with E-state index in [-0.39, 0.29) is 40.9 Å². The maximum atomic E-state index is 10.7. The molecule has 0 aromatic heterocycles. The van der Waals surface area contributed by atoms with Crippen molar-refractivity contribution in [1.29, 1.82) is 0 Å². The van der Waals surface area contributed by atoms with Gasteiger partial charge in [0.05, 0.1) is 17.3 Å². The molecule has 0 fully saturated rings. The molecule has 0 spiro atoms. The van der Waals surface area contributed by atoms with Gasteiger partial charge in [-0.05, 0) is 42.5 Å². The number of carbonyl (C=O) groups excluding carboxylic acids is 1. The summed E-state index contributed by atoms with van der Waals surface area (Å²) >= 11 is 0. The maximum Gasteiger partial charge on any atom is 1.00 e. The number of aromatic hydroxyl groups is 1. The van der Waals surface area contributed by atoms with Crippen molar-refractivity contribution in [1.82, 2.24) is 0 Å².